The average Bonchev–Trinajstić information content (AvgIpc) is 3.52. The summed E-state index contributed by atoms with van der Waals surface area (Å²) in [5.74, 6) is -0.682. The van der Waals surface area contributed by atoms with Crippen molar-refractivity contribution >= 4 is 40.5 Å². The van der Waals surface area contributed by atoms with Crippen molar-refractivity contribution in [3.05, 3.63) is 76.4 Å². The first-order valence-corrected chi connectivity index (χ1v) is 10.4. The van der Waals surface area contributed by atoms with Crippen LogP contribution in [0.3, 0.4) is 0 Å². The van der Waals surface area contributed by atoms with Crippen LogP contribution in [0.15, 0.2) is 69.7 Å². The lowest BCUT2D eigenvalue weighted by Gasteiger charge is -2.19. The topological polar surface area (TPSA) is 101 Å². The van der Waals surface area contributed by atoms with Gasteiger partial charge in [-0.1, -0.05) is 6.07 Å². The van der Waals surface area contributed by atoms with Gasteiger partial charge in [-0.25, -0.2) is 9.80 Å². The normalized spacial score (nSPS) is 15.5. The molecule has 1 aromatic carbocycles. The van der Waals surface area contributed by atoms with Crippen molar-refractivity contribution in [1.29, 1.82) is 0 Å². The fourth-order valence-corrected chi connectivity index (χ4v) is 3.93. The summed E-state index contributed by atoms with van der Waals surface area (Å²) >= 11 is 1.54. The summed E-state index contributed by atoms with van der Waals surface area (Å²) < 4.78 is 10.7. The number of carbonyl (C=O) groups is 3. The van der Waals surface area contributed by atoms with Gasteiger partial charge in [0.2, 0.25) is 5.91 Å². The summed E-state index contributed by atoms with van der Waals surface area (Å²) in [5.41, 5.74) is 1.62. The molecule has 0 bridgehead atoms. The van der Waals surface area contributed by atoms with E-state index in [4.69, 9.17) is 9.15 Å². The number of rotatable bonds is 6. The van der Waals surface area contributed by atoms with Crippen LogP contribution in [0.5, 0.6) is 0 Å². The van der Waals surface area contributed by atoms with Gasteiger partial charge in [0, 0.05) is 19.0 Å². The molecule has 1 N–H and O–H groups in total. The Morgan fingerprint density at radius 3 is 2.65 bits per heavy atom. The molecule has 158 valence electrons. The monoisotopic (exact) mass is 437 g/mol. The van der Waals surface area contributed by atoms with E-state index in [0.717, 1.165) is 10.6 Å². The van der Waals surface area contributed by atoms with Gasteiger partial charge >= 0.3 is 5.97 Å². The smallest absolute Gasteiger partial charge is 0.338 e. The number of esters is 1. The van der Waals surface area contributed by atoms with E-state index in [-0.39, 0.29) is 11.5 Å². The van der Waals surface area contributed by atoms with E-state index >= 15 is 0 Å². The Hall–Kier alpha value is -3.72. The van der Waals surface area contributed by atoms with E-state index in [9.17, 15) is 14.4 Å². The molecule has 0 aliphatic carbocycles. The van der Waals surface area contributed by atoms with Crippen molar-refractivity contribution in [2.24, 2.45) is 5.10 Å². The van der Waals surface area contributed by atoms with E-state index in [0.29, 0.717) is 17.9 Å². The first-order chi connectivity index (χ1) is 15.0. The SMILES string of the molecule is CC(=O)Nc1ccc(C(=O)OCC(=O)N2N=C(c3cccs3)CC2c2ccco2)cc1. The van der Waals surface area contributed by atoms with E-state index < -0.39 is 24.5 Å². The van der Waals surface area contributed by atoms with Crippen LogP contribution in [0.2, 0.25) is 0 Å². The van der Waals surface area contributed by atoms with Crippen molar-refractivity contribution < 1.29 is 23.5 Å². The summed E-state index contributed by atoms with van der Waals surface area (Å²) in [4.78, 5) is 37.2. The number of nitrogens with one attached hydrogen (secondary N) is 1. The van der Waals surface area contributed by atoms with Crippen LogP contribution in [-0.2, 0) is 14.3 Å². The molecule has 2 amide bonds. The summed E-state index contributed by atoms with van der Waals surface area (Å²) in [6.45, 7) is 0.944. The summed E-state index contributed by atoms with van der Waals surface area (Å²) in [6, 6.07) is 13.2. The Morgan fingerprint density at radius 2 is 2.00 bits per heavy atom. The van der Waals surface area contributed by atoms with Crippen molar-refractivity contribution in [2.45, 2.75) is 19.4 Å². The van der Waals surface area contributed by atoms with Gasteiger partial charge in [0.25, 0.3) is 5.91 Å². The maximum atomic E-state index is 12.8. The largest absolute Gasteiger partial charge is 0.467 e. The summed E-state index contributed by atoms with van der Waals surface area (Å²) in [5, 5.41) is 10.4. The highest BCUT2D eigenvalue weighted by Crippen LogP contribution is 2.34. The van der Waals surface area contributed by atoms with Gasteiger partial charge in [-0.15, -0.1) is 11.3 Å². The second kappa shape index (κ2) is 8.97. The number of benzene rings is 1. The third-order valence-electron chi connectivity index (χ3n) is 4.61. The zero-order valence-electron chi connectivity index (χ0n) is 16.6. The maximum absolute atomic E-state index is 12.8. The van der Waals surface area contributed by atoms with Gasteiger partial charge in [-0.05, 0) is 47.8 Å². The second-order valence-electron chi connectivity index (χ2n) is 6.83. The van der Waals surface area contributed by atoms with Gasteiger partial charge in [0.1, 0.15) is 11.8 Å². The second-order valence-corrected chi connectivity index (χ2v) is 7.78. The number of ether oxygens (including phenoxy) is 1. The summed E-state index contributed by atoms with van der Waals surface area (Å²) in [7, 11) is 0. The molecule has 1 atom stereocenters. The number of hydrogen-bond acceptors (Lipinski definition) is 7. The third-order valence-corrected chi connectivity index (χ3v) is 5.53. The number of hydrazone groups is 1. The summed E-state index contributed by atoms with van der Waals surface area (Å²) in [6.07, 6.45) is 2.06. The zero-order valence-corrected chi connectivity index (χ0v) is 17.4. The van der Waals surface area contributed by atoms with Gasteiger partial charge in [-0.3, -0.25) is 9.59 Å². The Bertz CT molecular complexity index is 1100. The van der Waals surface area contributed by atoms with Gasteiger partial charge < -0.3 is 14.5 Å². The molecule has 4 rings (SSSR count). The predicted molar refractivity (Wildman–Crippen MR) is 115 cm³/mol. The highest BCUT2D eigenvalue weighted by Gasteiger charge is 2.35. The number of anilines is 1. The average molecular weight is 437 g/mol. The Morgan fingerprint density at radius 1 is 1.19 bits per heavy atom. The van der Waals surface area contributed by atoms with Crippen molar-refractivity contribution in [1.82, 2.24) is 5.01 Å². The fraction of sp³-hybridized carbons (Fsp3) is 0.182. The van der Waals surface area contributed by atoms with Crippen molar-refractivity contribution in [3.8, 4) is 0 Å². The minimum Gasteiger partial charge on any atom is -0.467 e. The molecule has 1 aliphatic rings. The van der Waals surface area contributed by atoms with Crippen molar-refractivity contribution in [2.75, 3.05) is 11.9 Å². The molecular formula is C22H19N3O5S. The number of amides is 2. The zero-order chi connectivity index (χ0) is 21.8. The van der Waals surface area contributed by atoms with Gasteiger partial charge in [0.05, 0.1) is 22.4 Å². The third kappa shape index (κ3) is 4.72. The van der Waals surface area contributed by atoms with E-state index in [1.807, 2.05) is 17.5 Å². The lowest BCUT2D eigenvalue weighted by atomic mass is 10.1. The lowest BCUT2D eigenvalue weighted by Crippen LogP contribution is -2.31. The number of thiophene rings is 1. The fourth-order valence-electron chi connectivity index (χ4n) is 3.20. The molecule has 2 aromatic heterocycles. The van der Waals surface area contributed by atoms with Crippen LogP contribution in [-0.4, -0.2) is 35.1 Å². The van der Waals surface area contributed by atoms with E-state index in [1.165, 1.54) is 24.1 Å². The number of furan rings is 1. The molecule has 0 radical (unpaired) electrons. The maximum Gasteiger partial charge on any atom is 0.338 e. The number of nitrogens with zero attached hydrogens (tertiary/aromatic N) is 2. The predicted octanol–water partition coefficient (Wildman–Crippen LogP) is 3.83. The van der Waals surface area contributed by atoms with Crippen LogP contribution in [0.1, 0.15) is 40.4 Å². The molecular weight excluding hydrogens is 418 g/mol. The van der Waals surface area contributed by atoms with E-state index in [2.05, 4.69) is 10.4 Å². The first kappa shape index (κ1) is 20.5. The molecule has 0 spiro atoms. The van der Waals surface area contributed by atoms with Gasteiger partial charge in [0.15, 0.2) is 6.61 Å². The number of hydrogen-bond donors (Lipinski definition) is 1. The standard InChI is InChI=1S/C22H19N3O5S/c1-14(26)23-16-8-6-15(7-9-16)22(28)30-13-21(27)25-18(19-4-2-10-29-19)12-17(24-25)20-5-3-11-31-20/h2-11,18H,12-13H2,1H3,(H,23,26). The molecule has 31 heavy (non-hydrogen) atoms. The molecule has 3 heterocycles. The van der Waals surface area contributed by atoms with Crippen molar-refractivity contribution in [3.63, 3.8) is 0 Å². The molecule has 9 heteroatoms. The quantitative estimate of drug-likeness (QED) is 0.591. The first-order valence-electron chi connectivity index (χ1n) is 9.53. The van der Waals surface area contributed by atoms with E-state index in [1.54, 1.807) is 41.9 Å². The Labute approximate surface area is 182 Å². The molecule has 0 saturated carbocycles. The van der Waals surface area contributed by atoms with Gasteiger partial charge in [-0.2, -0.15) is 5.10 Å². The van der Waals surface area contributed by atoms with Crippen LogP contribution in [0, 0.1) is 0 Å². The Kier molecular flexibility index (Phi) is 5.94. The minimum atomic E-state index is -0.640. The molecule has 1 unspecified atom stereocenters. The lowest BCUT2D eigenvalue weighted by molar-refractivity contribution is -0.136. The molecule has 3 aromatic rings. The highest BCUT2D eigenvalue weighted by molar-refractivity contribution is 7.12. The molecule has 0 saturated heterocycles. The van der Waals surface area contributed by atoms with Crippen LogP contribution in [0.25, 0.3) is 0 Å². The highest BCUT2D eigenvalue weighted by atomic mass is 32.1. The Balaban J connectivity index is 1.43. The van der Waals surface area contributed by atoms with Crippen LogP contribution >= 0.6 is 11.3 Å². The molecule has 0 fully saturated rings. The minimum absolute atomic E-state index is 0.208. The number of carbonyl (C=O) groups excluding carboxylic acids is 3. The van der Waals surface area contributed by atoms with Crippen LogP contribution < -0.4 is 5.32 Å². The molecule has 8 nitrogen and oxygen atoms in total. The van der Waals surface area contributed by atoms with Crippen LogP contribution in [0.4, 0.5) is 5.69 Å². The molecule has 1 aliphatic heterocycles.